The van der Waals surface area contributed by atoms with Crippen LogP contribution in [0.15, 0.2) is 0 Å². The Morgan fingerprint density at radius 3 is 2.60 bits per heavy atom. The smallest absolute Gasteiger partial charge is 0.135 e. The summed E-state index contributed by atoms with van der Waals surface area (Å²) in [6.07, 6.45) is 2.41. The van der Waals surface area contributed by atoms with Crippen LogP contribution in [0, 0.1) is 0 Å². The fourth-order valence-corrected chi connectivity index (χ4v) is 2.31. The summed E-state index contributed by atoms with van der Waals surface area (Å²) in [7, 11) is 0. The highest BCUT2D eigenvalue weighted by Crippen LogP contribution is 2.17. The number of hydrogen-bond donors (Lipinski definition) is 1. The molecular weight excluding hydrogens is 216 g/mol. The number of piperidine rings is 1. The molecule has 0 aromatic heterocycles. The molecule has 2 atom stereocenters. The number of carbonyl (C=O) groups excluding carboxylic acids is 1. The van der Waals surface area contributed by atoms with Crippen molar-refractivity contribution in [2.45, 2.75) is 31.3 Å². The minimum absolute atomic E-state index is 0. The molecule has 2 saturated heterocycles. The molecule has 2 aliphatic heterocycles. The Hall–Kier alpha value is -0.160. The lowest BCUT2D eigenvalue weighted by atomic mass is 9.99. The van der Waals surface area contributed by atoms with Crippen molar-refractivity contribution in [2.75, 3.05) is 26.3 Å². The van der Waals surface area contributed by atoms with Crippen molar-refractivity contribution in [1.82, 2.24) is 4.90 Å². The Bertz CT molecular complexity index is 215. The lowest BCUT2D eigenvalue weighted by Crippen LogP contribution is -2.55. The van der Waals surface area contributed by atoms with Crippen LogP contribution in [0.3, 0.4) is 0 Å². The summed E-state index contributed by atoms with van der Waals surface area (Å²) in [4.78, 5) is 13.4. The molecule has 15 heavy (non-hydrogen) atoms. The highest BCUT2D eigenvalue weighted by atomic mass is 35.5. The van der Waals surface area contributed by atoms with Gasteiger partial charge in [0, 0.05) is 44.6 Å². The molecular formula is C10H19ClN2O2. The minimum Gasteiger partial charge on any atom is -0.380 e. The fourth-order valence-electron chi connectivity index (χ4n) is 2.31. The Morgan fingerprint density at radius 1 is 1.33 bits per heavy atom. The van der Waals surface area contributed by atoms with Gasteiger partial charge in [-0.15, -0.1) is 12.4 Å². The number of halogens is 1. The number of nitrogens with zero attached hydrogens (tertiary/aromatic N) is 1. The number of ether oxygens (including phenoxy) is 1. The third kappa shape index (κ3) is 3.14. The number of nitrogens with two attached hydrogens (primary N) is 1. The van der Waals surface area contributed by atoms with Gasteiger partial charge in [-0.1, -0.05) is 0 Å². The molecule has 4 nitrogen and oxygen atoms in total. The number of Topliss-reactive ketones (excluding diaryl/α,β-unsaturated/α-hetero) is 1. The summed E-state index contributed by atoms with van der Waals surface area (Å²) in [6.45, 7) is 3.24. The minimum atomic E-state index is 0. The zero-order chi connectivity index (χ0) is 9.97. The molecule has 0 aromatic rings. The second-order valence-corrected chi connectivity index (χ2v) is 4.17. The van der Waals surface area contributed by atoms with Crippen LogP contribution < -0.4 is 5.73 Å². The van der Waals surface area contributed by atoms with E-state index in [1.165, 1.54) is 0 Å². The van der Waals surface area contributed by atoms with Crippen LogP contribution in [-0.4, -0.2) is 49.1 Å². The summed E-state index contributed by atoms with van der Waals surface area (Å²) in [5, 5.41) is 0. The largest absolute Gasteiger partial charge is 0.380 e. The molecule has 5 heteroatoms. The number of likely N-dealkylation sites (tertiary alicyclic amines) is 1. The molecule has 0 radical (unpaired) electrons. The van der Waals surface area contributed by atoms with Crippen molar-refractivity contribution in [2.24, 2.45) is 5.73 Å². The summed E-state index contributed by atoms with van der Waals surface area (Å²) in [6, 6.07) is 0.550. The standard InChI is InChI=1S/C10H18N2O2.ClH/c11-9-7-14-6-3-10(9)12-4-1-8(13)2-5-12;/h9-10H,1-7,11H2;1H/t9-,10+;/m0./s1. The molecule has 0 aromatic carbocycles. The lowest BCUT2D eigenvalue weighted by molar-refractivity contribution is -0.122. The lowest BCUT2D eigenvalue weighted by Gasteiger charge is -2.39. The average Bonchev–Trinajstić information content (AvgIpc) is 2.20. The molecule has 0 unspecified atom stereocenters. The predicted octanol–water partition coefficient (Wildman–Crippen LogP) is 0.189. The summed E-state index contributed by atoms with van der Waals surface area (Å²) in [5.41, 5.74) is 5.99. The van der Waals surface area contributed by atoms with Gasteiger partial charge in [-0.05, 0) is 6.42 Å². The highest BCUT2D eigenvalue weighted by molar-refractivity contribution is 5.85. The third-order valence-corrected chi connectivity index (χ3v) is 3.19. The van der Waals surface area contributed by atoms with E-state index >= 15 is 0 Å². The van der Waals surface area contributed by atoms with E-state index in [4.69, 9.17) is 10.5 Å². The van der Waals surface area contributed by atoms with Gasteiger partial charge in [-0.3, -0.25) is 9.69 Å². The maximum Gasteiger partial charge on any atom is 0.135 e. The van der Waals surface area contributed by atoms with Gasteiger partial charge in [0.1, 0.15) is 5.78 Å². The van der Waals surface area contributed by atoms with Gasteiger partial charge in [-0.2, -0.15) is 0 Å². The first-order chi connectivity index (χ1) is 6.77. The predicted molar refractivity (Wildman–Crippen MR) is 60.3 cm³/mol. The van der Waals surface area contributed by atoms with Gasteiger partial charge in [0.05, 0.1) is 6.61 Å². The molecule has 2 N–H and O–H groups in total. The van der Waals surface area contributed by atoms with E-state index in [2.05, 4.69) is 4.90 Å². The van der Waals surface area contributed by atoms with Gasteiger partial charge in [0.25, 0.3) is 0 Å². The van der Waals surface area contributed by atoms with Gasteiger partial charge < -0.3 is 10.5 Å². The zero-order valence-electron chi connectivity index (χ0n) is 8.85. The third-order valence-electron chi connectivity index (χ3n) is 3.19. The van der Waals surface area contributed by atoms with Crippen LogP contribution in [0.1, 0.15) is 19.3 Å². The second kappa shape index (κ2) is 5.80. The maximum absolute atomic E-state index is 11.1. The van der Waals surface area contributed by atoms with Crippen LogP contribution >= 0.6 is 12.4 Å². The first-order valence-corrected chi connectivity index (χ1v) is 5.36. The van der Waals surface area contributed by atoms with Crippen LogP contribution in [0.2, 0.25) is 0 Å². The summed E-state index contributed by atoms with van der Waals surface area (Å²) >= 11 is 0. The first kappa shape index (κ1) is 12.9. The molecule has 88 valence electrons. The number of ketones is 1. The zero-order valence-corrected chi connectivity index (χ0v) is 9.67. The van der Waals surface area contributed by atoms with Gasteiger partial charge in [-0.25, -0.2) is 0 Å². The monoisotopic (exact) mass is 234 g/mol. The Kier molecular flexibility index (Phi) is 4.99. The molecule has 2 aliphatic rings. The van der Waals surface area contributed by atoms with E-state index in [1.54, 1.807) is 0 Å². The van der Waals surface area contributed by atoms with E-state index in [9.17, 15) is 4.79 Å². The van der Waals surface area contributed by atoms with Crippen LogP contribution in [-0.2, 0) is 9.53 Å². The van der Waals surface area contributed by atoms with E-state index in [-0.39, 0.29) is 18.4 Å². The quantitative estimate of drug-likeness (QED) is 0.704. The van der Waals surface area contributed by atoms with E-state index in [0.29, 0.717) is 31.3 Å². The first-order valence-electron chi connectivity index (χ1n) is 5.36. The van der Waals surface area contributed by atoms with Crippen molar-refractivity contribution < 1.29 is 9.53 Å². The fraction of sp³-hybridized carbons (Fsp3) is 0.900. The molecule has 0 bridgehead atoms. The van der Waals surface area contributed by atoms with Crippen molar-refractivity contribution in [1.29, 1.82) is 0 Å². The highest BCUT2D eigenvalue weighted by Gasteiger charge is 2.30. The van der Waals surface area contributed by atoms with Crippen LogP contribution in [0.25, 0.3) is 0 Å². The topological polar surface area (TPSA) is 55.6 Å². The Balaban J connectivity index is 0.00000112. The van der Waals surface area contributed by atoms with Crippen LogP contribution in [0.4, 0.5) is 0 Å². The summed E-state index contributed by atoms with van der Waals surface area (Å²) < 4.78 is 5.31. The van der Waals surface area contributed by atoms with Gasteiger partial charge >= 0.3 is 0 Å². The Labute approximate surface area is 96.5 Å². The maximum atomic E-state index is 11.1. The van der Waals surface area contributed by atoms with Gasteiger partial charge in [0.2, 0.25) is 0 Å². The van der Waals surface area contributed by atoms with Crippen molar-refractivity contribution in [3.63, 3.8) is 0 Å². The van der Waals surface area contributed by atoms with Crippen LogP contribution in [0.5, 0.6) is 0 Å². The molecule has 0 saturated carbocycles. The number of carbonyl (C=O) groups is 1. The van der Waals surface area contributed by atoms with Gasteiger partial charge in [0.15, 0.2) is 0 Å². The van der Waals surface area contributed by atoms with E-state index in [0.717, 1.165) is 26.1 Å². The van der Waals surface area contributed by atoms with Crippen molar-refractivity contribution in [3.8, 4) is 0 Å². The summed E-state index contributed by atoms with van der Waals surface area (Å²) in [5.74, 6) is 0.391. The molecule has 0 amide bonds. The van der Waals surface area contributed by atoms with E-state index in [1.807, 2.05) is 0 Å². The molecule has 0 spiro atoms. The normalized spacial score (nSPS) is 33.5. The SMILES string of the molecule is Cl.N[C@H]1COCC[C@H]1N1CCC(=O)CC1. The molecule has 2 heterocycles. The molecule has 0 aliphatic carbocycles. The van der Waals surface area contributed by atoms with Crippen molar-refractivity contribution in [3.05, 3.63) is 0 Å². The number of rotatable bonds is 1. The second-order valence-electron chi connectivity index (χ2n) is 4.17. The Morgan fingerprint density at radius 2 is 2.00 bits per heavy atom. The molecule has 2 rings (SSSR count). The number of hydrogen-bond acceptors (Lipinski definition) is 4. The molecule has 2 fully saturated rings. The average molecular weight is 235 g/mol. The van der Waals surface area contributed by atoms with Crippen molar-refractivity contribution >= 4 is 18.2 Å². The van der Waals surface area contributed by atoms with E-state index < -0.39 is 0 Å².